The molecule has 0 radical (unpaired) electrons. The Morgan fingerprint density at radius 3 is 2.68 bits per heavy atom. The van der Waals surface area contributed by atoms with Crippen LogP contribution in [0.5, 0.6) is 0 Å². The number of alkyl halides is 1. The molecule has 0 aliphatic carbocycles. The fourth-order valence-corrected chi connectivity index (χ4v) is 3.30. The number of hydrogen-bond acceptors (Lipinski definition) is 5. The molecular formula is C22H34F2N6O. The quantitative estimate of drug-likeness (QED) is 0.481. The highest BCUT2D eigenvalue weighted by Crippen LogP contribution is 2.27. The predicted molar refractivity (Wildman–Crippen MR) is 121 cm³/mol. The lowest BCUT2D eigenvalue weighted by Gasteiger charge is -2.32. The molecule has 9 heteroatoms. The summed E-state index contributed by atoms with van der Waals surface area (Å²) in [6.45, 7) is 10.7. The van der Waals surface area contributed by atoms with Crippen molar-refractivity contribution in [2.45, 2.75) is 65.7 Å². The molecule has 2 heterocycles. The molecule has 1 aliphatic rings. The largest absolute Gasteiger partial charge is 0.316 e. The third-order valence-corrected chi connectivity index (χ3v) is 5.14. The van der Waals surface area contributed by atoms with E-state index < -0.39 is 23.6 Å². The lowest BCUT2D eigenvalue weighted by Crippen LogP contribution is -2.52. The molecule has 0 aromatic carbocycles. The van der Waals surface area contributed by atoms with Crippen LogP contribution in [0.3, 0.4) is 0 Å². The zero-order valence-corrected chi connectivity index (χ0v) is 19.1. The van der Waals surface area contributed by atoms with E-state index in [1.807, 2.05) is 0 Å². The smallest absolute Gasteiger partial charge is 0.267 e. The first-order valence-corrected chi connectivity index (χ1v) is 10.8. The molecule has 0 saturated carbocycles. The van der Waals surface area contributed by atoms with Crippen LogP contribution in [-0.2, 0) is 4.79 Å². The Hall–Kier alpha value is -2.42. The van der Waals surface area contributed by atoms with E-state index in [-0.39, 0.29) is 24.5 Å². The van der Waals surface area contributed by atoms with Gasteiger partial charge in [-0.1, -0.05) is 13.8 Å². The fourth-order valence-electron chi connectivity index (χ4n) is 3.30. The van der Waals surface area contributed by atoms with Crippen LogP contribution in [0.2, 0.25) is 0 Å². The number of halogens is 2. The summed E-state index contributed by atoms with van der Waals surface area (Å²) in [7, 11) is 0. The molecule has 172 valence electrons. The first-order chi connectivity index (χ1) is 14.7. The van der Waals surface area contributed by atoms with Gasteiger partial charge >= 0.3 is 0 Å². The second kappa shape index (κ2) is 11.3. The van der Waals surface area contributed by atoms with Crippen molar-refractivity contribution in [3.8, 4) is 0 Å². The van der Waals surface area contributed by atoms with E-state index in [0.29, 0.717) is 31.2 Å². The number of carbonyl (C=O) groups excluding carboxylic acids is 1. The Labute approximate surface area is 183 Å². The number of hydrogen-bond donors (Lipinski definition) is 2. The number of rotatable bonds is 8. The van der Waals surface area contributed by atoms with Crippen molar-refractivity contribution in [3.05, 3.63) is 23.8 Å². The zero-order valence-electron chi connectivity index (χ0n) is 19.1. The summed E-state index contributed by atoms with van der Waals surface area (Å²) in [5.74, 6) is -0.468. The molecule has 0 bridgehead atoms. The number of allylic oxidation sites excluding steroid dienone is 1. The van der Waals surface area contributed by atoms with Crippen molar-refractivity contribution in [1.82, 2.24) is 20.2 Å². The molecule has 1 unspecified atom stereocenters. The van der Waals surface area contributed by atoms with Gasteiger partial charge in [-0.2, -0.15) is 0 Å². The second-order valence-corrected chi connectivity index (χ2v) is 8.28. The summed E-state index contributed by atoms with van der Waals surface area (Å²) in [4.78, 5) is 25.2. The molecule has 1 amide bonds. The van der Waals surface area contributed by atoms with Gasteiger partial charge in [0.1, 0.15) is 12.0 Å². The number of amidine groups is 1. The van der Waals surface area contributed by atoms with Crippen LogP contribution in [0.15, 0.2) is 22.3 Å². The first-order valence-electron chi connectivity index (χ1n) is 10.8. The summed E-state index contributed by atoms with van der Waals surface area (Å²) in [6, 6.07) is 0. The molecule has 2 N–H and O–H groups in total. The highest BCUT2D eigenvalue weighted by atomic mass is 19.1. The fraction of sp³-hybridized carbons (Fsp3) is 0.636. The number of carbonyl (C=O) groups is 1. The van der Waals surface area contributed by atoms with Gasteiger partial charge in [0.05, 0.1) is 11.9 Å². The summed E-state index contributed by atoms with van der Waals surface area (Å²) >= 11 is 0. The summed E-state index contributed by atoms with van der Waals surface area (Å²) in [5.41, 5.74) is -1.16. The van der Waals surface area contributed by atoms with Crippen molar-refractivity contribution in [2.24, 2.45) is 15.9 Å². The van der Waals surface area contributed by atoms with Gasteiger partial charge < -0.3 is 15.2 Å². The molecule has 0 spiro atoms. The average Bonchev–Trinajstić information content (AvgIpc) is 3.12. The minimum absolute atomic E-state index is 0.0556. The number of aryl methyl sites for hydroxylation is 1. The Bertz CT molecular complexity index is 837. The third-order valence-electron chi connectivity index (χ3n) is 5.14. The molecule has 1 aromatic heterocycles. The standard InChI is InChI=1S/C22H34F2N6O/c1-6-18(23)20-27-16(4)14-30(20)17(5)28-21(22(24)8-11-25-12-9-22)29-19(31)13-26-10-7-15(2)3/h6,13-15,17,25H,7-12H2,1-5H3,(H,28,29,31)/b18-6+,26-13+. The minimum Gasteiger partial charge on any atom is -0.316 e. The predicted octanol–water partition coefficient (Wildman–Crippen LogP) is 3.76. The van der Waals surface area contributed by atoms with Gasteiger partial charge in [-0.25, -0.2) is 18.8 Å². The molecule has 7 nitrogen and oxygen atoms in total. The Kier molecular flexibility index (Phi) is 9.03. The van der Waals surface area contributed by atoms with E-state index in [4.69, 9.17) is 0 Å². The van der Waals surface area contributed by atoms with Crippen LogP contribution < -0.4 is 10.6 Å². The van der Waals surface area contributed by atoms with Crippen molar-refractivity contribution in [1.29, 1.82) is 0 Å². The van der Waals surface area contributed by atoms with Crippen LogP contribution in [0.4, 0.5) is 8.78 Å². The number of imidazole rings is 1. The van der Waals surface area contributed by atoms with Gasteiger partial charge in [0.2, 0.25) is 0 Å². The maximum Gasteiger partial charge on any atom is 0.267 e. The SMILES string of the molecule is C/C=C(/F)c1nc(C)cn1C(C)/N=C(\NC(=O)/C=N/CCC(C)C)C1(F)CCNCC1. The normalized spacial score (nSPS) is 18.6. The molecule has 1 saturated heterocycles. The number of amides is 1. The van der Waals surface area contributed by atoms with Crippen LogP contribution in [-0.4, -0.2) is 52.8 Å². The van der Waals surface area contributed by atoms with E-state index in [2.05, 4.69) is 39.4 Å². The Morgan fingerprint density at radius 2 is 2.06 bits per heavy atom. The summed E-state index contributed by atoms with van der Waals surface area (Å²) < 4.78 is 31.6. The molecule has 1 atom stereocenters. The minimum atomic E-state index is -1.78. The van der Waals surface area contributed by atoms with Crippen LogP contribution in [0, 0.1) is 12.8 Å². The molecule has 1 aliphatic heterocycles. The van der Waals surface area contributed by atoms with Gasteiger partial charge in [0.15, 0.2) is 17.3 Å². The molecule has 1 aromatic rings. The number of nitrogens with zero attached hydrogens (tertiary/aromatic N) is 4. The lowest BCUT2D eigenvalue weighted by atomic mass is 9.92. The highest BCUT2D eigenvalue weighted by molar-refractivity contribution is 6.30. The van der Waals surface area contributed by atoms with Crippen LogP contribution >= 0.6 is 0 Å². The van der Waals surface area contributed by atoms with Crippen LogP contribution in [0.25, 0.3) is 5.83 Å². The van der Waals surface area contributed by atoms with E-state index in [0.717, 1.165) is 6.42 Å². The maximum atomic E-state index is 15.8. The lowest BCUT2D eigenvalue weighted by molar-refractivity contribution is -0.113. The molecule has 2 rings (SSSR count). The van der Waals surface area contributed by atoms with E-state index in [9.17, 15) is 9.18 Å². The van der Waals surface area contributed by atoms with Gasteiger partial charge in [0, 0.05) is 25.6 Å². The monoisotopic (exact) mass is 436 g/mol. The van der Waals surface area contributed by atoms with E-state index >= 15 is 4.39 Å². The third kappa shape index (κ3) is 7.05. The highest BCUT2D eigenvalue weighted by Gasteiger charge is 2.39. The average molecular weight is 437 g/mol. The van der Waals surface area contributed by atoms with Crippen molar-refractivity contribution >= 4 is 23.8 Å². The van der Waals surface area contributed by atoms with E-state index in [1.165, 1.54) is 16.9 Å². The number of aliphatic imine (C=N–C) groups is 2. The van der Waals surface area contributed by atoms with Gasteiger partial charge in [-0.15, -0.1) is 0 Å². The number of piperidine rings is 1. The zero-order chi connectivity index (χ0) is 23.0. The molecule has 31 heavy (non-hydrogen) atoms. The summed E-state index contributed by atoms with van der Waals surface area (Å²) in [6.07, 6.45) is 4.71. The van der Waals surface area contributed by atoms with Gasteiger partial charge in [0.25, 0.3) is 5.91 Å². The topological polar surface area (TPSA) is 83.7 Å². The second-order valence-electron chi connectivity index (χ2n) is 8.28. The molecular weight excluding hydrogens is 402 g/mol. The van der Waals surface area contributed by atoms with Crippen molar-refractivity contribution in [3.63, 3.8) is 0 Å². The Morgan fingerprint density at radius 1 is 1.39 bits per heavy atom. The number of nitrogens with one attached hydrogen (secondary N) is 2. The van der Waals surface area contributed by atoms with Crippen molar-refractivity contribution in [2.75, 3.05) is 19.6 Å². The summed E-state index contributed by atoms with van der Waals surface area (Å²) in [5, 5.41) is 5.72. The molecule has 1 fully saturated rings. The van der Waals surface area contributed by atoms with Gasteiger partial charge in [-0.05, 0) is 52.3 Å². The Balaban J connectivity index is 2.30. The van der Waals surface area contributed by atoms with Crippen molar-refractivity contribution < 1.29 is 13.6 Å². The maximum absolute atomic E-state index is 15.8. The van der Waals surface area contributed by atoms with Gasteiger partial charge in [-0.3, -0.25) is 9.79 Å². The van der Waals surface area contributed by atoms with E-state index in [1.54, 1.807) is 27.0 Å². The van der Waals surface area contributed by atoms with Crippen LogP contribution in [0.1, 0.15) is 64.6 Å². The number of aromatic nitrogens is 2. The first kappa shape index (κ1) is 24.8.